The number of carbonyl (C=O) groups is 1. The van der Waals surface area contributed by atoms with Crippen molar-refractivity contribution in [3.63, 3.8) is 0 Å². The molecule has 30 heavy (non-hydrogen) atoms. The largest absolute Gasteiger partial charge is 0.330 e. The molecule has 2 aromatic carbocycles. The van der Waals surface area contributed by atoms with Gasteiger partial charge in [0.05, 0.1) is 16.5 Å². The van der Waals surface area contributed by atoms with Gasteiger partial charge in [0.25, 0.3) is 5.91 Å². The van der Waals surface area contributed by atoms with E-state index in [0.29, 0.717) is 22.9 Å². The second-order valence-electron chi connectivity index (χ2n) is 7.90. The number of nitrogens with zero attached hydrogens (tertiary/aromatic N) is 1. The standard InChI is InChI=1S/C23H24ClNO3S2/c1-3-16-5-7-17(8-6-16)13-25(18-10-11-30(27,28)14-18)23(26)22-21(24)19-9-4-15(2)12-20(19)29-22/h4-9,12,18H,3,10-11,13-14H2,1-2H3. The van der Waals surface area contributed by atoms with Crippen molar-refractivity contribution >= 4 is 48.8 Å². The van der Waals surface area contributed by atoms with Crippen molar-refractivity contribution in [2.24, 2.45) is 0 Å². The third-order valence-electron chi connectivity index (χ3n) is 5.67. The van der Waals surface area contributed by atoms with E-state index in [1.54, 1.807) is 4.90 Å². The van der Waals surface area contributed by atoms with Crippen molar-refractivity contribution < 1.29 is 13.2 Å². The maximum absolute atomic E-state index is 13.6. The lowest BCUT2D eigenvalue weighted by atomic mass is 10.1. The lowest BCUT2D eigenvalue weighted by Gasteiger charge is -2.28. The van der Waals surface area contributed by atoms with E-state index in [1.807, 2.05) is 37.3 Å². The highest BCUT2D eigenvalue weighted by Crippen LogP contribution is 2.37. The highest BCUT2D eigenvalue weighted by molar-refractivity contribution is 7.91. The molecule has 1 unspecified atom stereocenters. The summed E-state index contributed by atoms with van der Waals surface area (Å²) >= 11 is 7.98. The average Bonchev–Trinajstić information content (AvgIpc) is 3.24. The molecule has 0 aliphatic carbocycles. The van der Waals surface area contributed by atoms with Crippen LogP contribution in [-0.4, -0.2) is 36.8 Å². The fourth-order valence-electron chi connectivity index (χ4n) is 3.91. The number of hydrogen-bond donors (Lipinski definition) is 0. The number of thiophene rings is 1. The van der Waals surface area contributed by atoms with Gasteiger partial charge < -0.3 is 4.90 Å². The van der Waals surface area contributed by atoms with Gasteiger partial charge in [0.1, 0.15) is 4.88 Å². The Morgan fingerprint density at radius 1 is 1.17 bits per heavy atom. The first-order chi connectivity index (χ1) is 14.3. The molecule has 2 heterocycles. The molecule has 4 rings (SSSR count). The Morgan fingerprint density at radius 2 is 1.87 bits per heavy atom. The Bertz CT molecular complexity index is 1200. The number of hydrogen-bond acceptors (Lipinski definition) is 4. The zero-order chi connectivity index (χ0) is 21.5. The van der Waals surface area contributed by atoms with Crippen LogP contribution in [-0.2, 0) is 22.8 Å². The van der Waals surface area contributed by atoms with Crippen molar-refractivity contribution in [2.45, 2.75) is 39.3 Å². The molecule has 1 fully saturated rings. The Kier molecular flexibility index (Phi) is 5.93. The van der Waals surface area contributed by atoms with Gasteiger partial charge in [-0.05, 0) is 42.5 Å². The molecular formula is C23H24ClNO3S2. The molecule has 4 nitrogen and oxygen atoms in total. The Balaban J connectivity index is 1.71. The average molecular weight is 462 g/mol. The van der Waals surface area contributed by atoms with Crippen LogP contribution >= 0.6 is 22.9 Å². The summed E-state index contributed by atoms with van der Waals surface area (Å²) in [6.45, 7) is 4.47. The molecule has 1 amide bonds. The van der Waals surface area contributed by atoms with Gasteiger partial charge in [-0.1, -0.05) is 54.9 Å². The van der Waals surface area contributed by atoms with Gasteiger partial charge in [0.2, 0.25) is 0 Å². The Labute approximate surface area is 186 Å². The van der Waals surface area contributed by atoms with Crippen LogP contribution in [0.4, 0.5) is 0 Å². The van der Waals surface area contributed by atoms with E-state index in [9.17, 15) is 13.2 Å². The van der Waals surface area contributed by atoms with E-state index >= 15 is 0 Å². The minimum absolute atomic E-state index is 0.00735. The number of rotatable bonds is 5. The number of sulfone groups is 1. The highest BCUT2D eigenvalue weighted by Gasteiger charge is 2.36. The SMILES string of the molecule is CCc1ccc(CN(C(=O)c2sc3cc(C)ccc3c2Cl)C2CCS(=O)(=O)C2)cc1. The monoisotopic (exact) mass is 461 g/mol. The first-order valence-electron chi connectivity index (χ1n) is 10.1. The normalized spacial score (nSPS) is 18.0. The predicted octanol–water partition coefficient (Wildman–Crippen LogP) is 5.26. The van der Waals surface area contributed by atoms with E-state index in [0.717, 1.165) is 27.6 Å². The van der Waals surface area contributed by atoms with Crippen LogP contribution in [0.2, 0.25) is 5.02 Å². The van der Waals surface area contributed by atoms with Gasteiger partial charge in [0.15, 0.2) is 9.84 Å². The second kappa shape index (κ2) is 8.33. The number of fused-ring (bicyclic) bond motifs is 1. The van der Waals surface area contributed by atoms with Crippen LogP contribution in [0.15, 0.2) is 42.5 Å². The smallest absolute Gasteiger partial charge is 0.266 e. The van der Waals surface area contributed by atoms with Crippen LogP contribution in [0, 0.1) is 6.92 Å². The van der Waals surface area contributed by atoms with Crippen LogP contribution < -0.4 is 0 Å². The van der Waals surface area contributed by atoms with Crippen molar-refractivity contribution in [2.75, 3.05) is 11.5 Å². The third-order valence-corrected chi connectivity index (χ3v) is 9.07. The minimum Gasteiger partial charge on any atom is -0.330 e. The number of benzene rings is 2. The molecule has 1 aliphatic rings. The summed E-state index contributed by atoms with van der Waals surface area (Å²) in [7, 11) is -3.12. The molecule has 1 aliphatic heterocycles. The first-order valence-corrected chi connectivity index (χ1v) is 13.1. The lowest BCUT2D eigenvalue weighted by molar-refractivity contribution is 0.0686. The summed E-state index contributed by atoms with van der Waals surface area (Å²) in [6.07, 6.45) is 1.41. The molecule has 0 saturated carbocycles. The van der Waals surface area contributed by atoms with E-state index in [1.165, 1.54) is 16.9 Å². The zero-order valence-electron chi connectivity index (χ0n) is 17.0. The number of carbonyl (C=O) groups excluding carboxylic acids is 1. The number of amides is 1. The summed E-state index contributed by atoms with van der Waals surface area (Å²) in [5.41, 5.74) is 3.31. The van der Waals surface area contributed by atoms with Gasteiger partial charge in [-0.2, -0.15) is 0 Å². The second-order valence-corrected chi connectivity index (χ2v) is 11.6. The molecule has 3 aromatic rings. The summed E-state index contributed by atoms with van der Waals surface area (Å²) < 4.78 is 25.2. The molecule has 1 aromatic heterocycles. The third kappa shape index (κ3) is 4.27. The van der Waals surface area contributed by atoms with Crippen LogP contribution in [0.1, 0.15) is 39.7 Å². The Hall–Kier alpha value is -1.89. The molecule has 0 bridgehead atoms. The predicted molar refractivity (Wildman–Crippen MR) is 124 cm³/mol. The highest BCUT2D eigenvalue weighted by atomic mass is 35.5. The van der Waals surface area contributed by atoms with Crippen LogP contribution in [0.25, 0.3) is 10.1 Å². The van der Waals surface area contributed by atoms with Gasteiger partial charge in [-0.25, -0.2) is 8.42 Å². The quantitative estimate of drug-likeness (QED) is 0.521. The molecule has 0 radical (unpaired) electrons. The maximum atomic E-state index is 13.6. The van der Waals surface area contributed by atoms with Gasteiger partial charge in [-0.3, -0.25) is 4.79 Å². The molecular weight excluding hydrogens is 438 g/mol. The molecule has 158 valence electrons. The Morgan fingerprint density at radius 3 is 2.50 bits per heavy atom. The fourth-order valence-corrected chi connectivity index (χ4v) is 7.20. The minimum atomic E-state index is -3.12. The van der Waals surface area contributed by atoms with E-state index < -0.39 is 9.84 Å². The summed E-state index contributed by atoms with van der Waals surface area (Å²) in [5, 5.41) is 1.31. The van der Waals surface area contributed by atoms with Crippen molar-refractivity contribution in [1.29, 1.82) is 0 Å². The summed E-state index contributed by atoms with van der Waals surface area (Å²) in [4.78, 5) is 15.8. The van der Waals surface area contributed by atoms with Crippen LogP contribution in [0.5, 0.6) is 0 Å². The maximum Gasteiger partial charge on any atom is 0.266 e. The first kappa shape index (κ1) is 21.3. The summed E-state index contributed by atoms with van der Waals surface area (Å²) in [5.74, 6) is -0.0660. The zero-order valence-corrected chi connectivity index (χ0v) is 19.4. The summed E-state index contributed by atoms with van der Waals surface area (Å²) in [6, 6.07) is 13.7. The van der Waals surface area contributed by atoms with Gasteiger partial charge >= 0.3 is 0 Å². The lowest BCUT2D eigenvalue weighted by Crippen LogP contribution is -2.40. The van der Waals surface area contributed by atoms with Gasteiger partial charge in [-0.15, -0.1) is 11.3 Å². The molecule has 1 saturated heterocycles. The van der Waals surface area contributed by atoms with Crippen molar-refractivity contribution in [3.8, 4) is 0 Å². The van der Waals surface area contributed by atoms with Crippen molar-refractivity contribution in [3.05, 3.63) is 69.1 Å². The van der Waals surface area contributed by atoms with E-state index in [4.69, 9.17) is 11.6 Å². The van der Waals surface area contributed by atoms with Crippen molar-refractivity contribution in [1.82, 2.24) is 4.90 Å². The van der Waals surface area contributed by atoms with Gasteiger partial charge in [0, 0.05) is 22.7 Å². The fraction of sp³-hybridized carbons (Fsp3) is 0.348. The molecule has 0 N–H and O–H groups in total. The molecule has 7 heteroatoms. The topological polar surface area (TPSA) is 54.5 Å². The van der Waals surface area contributed by atoms with Crippen LogP contribution in [0.3, 0.4) is 0 Å². The number of aryl methyl sites for hydroxylation is 2. The van der Waals surface area contributed by atoms with E-state index in [2.05, 4.69) is 19.1 Å². The van der Waals surface area contributed by atoms with E-state index in [-0.39, 0.29) is 23.5 Å². The molecule has 0 spiro atoms. The number of halogens is 1. The molecule has 1 atom stereocenters.